The quantitative estimate of drug-likeness (QED) is 0.874. The molecule has 7 heteroatoms. The highest BCUT2D eigenvalue weighted by molar-refractivity contribution is 6.33. The molecule has 124 valence electrons. The van der Waals surface area contributed by atoms with E-state index in [1.165, 1.54) is 0 Å². The maximum absolute atomic E-state index is 12.1. The normalized spacial score (nSPS) is 12.7. The molecule has 2 aromatic rings. The standard InChI is InChI=1S/C16H21ClN4O2/c1-10(2)15-19-16(23-20-15)11(3)21(4)9-14(22)18-13-8-6-5-7-12(13)17/h5-8,10-11H,9H2,1-4H3,(H,18,22). The summed E-state index contributed by atoms with van der Waals surface area (Å²) in [5, 5.41) is 7.25. The number of hydrogen-bond donors (Lipinski definition) is 1. The lowest BCUT2D eigenvalue weighted by molar-refractivity contribution is -0.117. The molecule has 6 nitrogen and oxygen atoms in total. The van der Waals surface area contributed by atoms with Crippen LogP contribution < -0.4 is 5.32 Å². The zero-order valence-electron chi connectivity index (χ0n) is 13.7. The highest BCUT2D eigenvalue weighted by Crippen LogP contribution is 2.22. The fourth-order valence-electron chi connectivity index (χ4n) is 1.96. The number of carbonyl (C=O) groups excluding carboxylic acids is 1. The van der Waals surface area contributed by atoms with Crippen LogP contribution in [0.1, 0.15) is 44.4 Å². The smallest absolute Gasteiger partial charge is 0.243 e. The predicted octanol–water partition coefficient (Wildman–Crippen LogP) is 3.48. The van der Waals surface area contributed by atoms with Gasteiger partial charge in [-0.25, -0.2) is 0 Å². The minimum atomic E-state index is -0.160. The number of anilines is 1. The number of rotatable bonds is 6. The minimum absolute atomic E-state index is 0.156. The molecule has 1 amide bonds. The summed E-state index contributed by atoms with van der Waals surface area (Å²) in [5.74, 6) is 1.21. The molecular formula is C16H21ClN4O2. The van der Waals surface area contributed by atoms with Gasteiger partial charge in [0, 0.05) is 5.92 Å². The van der Waals surface area contributed by atoms with Crippen molar-refractivity contribution in [2.24, 2.45) is 0 Å². The van der Waals surface area contributed by atoms with Gasteiger partial charge in [-0.2, -0.15) is 4.98 Å². The second-order valence-electron chi connectivity index (χ2n) is 5.76. The predicted molar refractivity (Wildman–Crippen MR) is 89.5 cm³/mol. The van der Waals surface area contributed by atoms with Gasteiger partial charge >= 0.3 is 0 Å². The van der Waals surface area contributed by atoms with E-state index in [-0.39, 0.29) is 24.4 Å². The lowest BCUT2D eigenvalue weighted by Gasteiger charge is -2.21. The Kier molecular flexibility index (Phi) is 5.74. The van der Waals surface area contributed by atoms with Crippen LogP contribution in [0.2, 0.25) is 5.02 Å². The van der Waals surface area contributed by atoms with Crippen LogP contribution in [0.5, 0.6) is 0 Å². The van der Waals surface area contributed by atoms with Gasteiger partial charge in [0.05, 0.1) is 23.3 Å². The van der Waals surface area contributed by atoms with Crippen molar-refractivity contribution in [2.45, 2.75) is 32.7 Å². The van der Waals surface area contributed by atoms with Crippen LogP contribution in [-0.2, 0) is 4.79 Å². The first-order chi connectivity index (χ1) is 10.9. The maximum atomic E-state index is 12.1. The van der Waals surface area contributed by atoms with Gasteiger partial charge < -0.3 is 9.84 Å². The minimum Gasteiger partial charge on any atom is -0.338 e. The van der Waals surface area contributed by atoms with Crippen LogP contribution in [0.25, 0.3) is 0 Å². The monoisotopic (exact) mass is 336 g/mol. The third-order valence-corrected chi connectivity index (χ3v) is 3.86. The number of benzene rings is 1. The number of nitrogens with zero attached hydrogens (tertiary/aromatic N) is 3. The second-order valence-corrected chi connectivity index (χ2v) is 6.17. The summed E-state index contributed by atoms with van der Waals surface area (Å²) in [4.78, 5) is 18.3. The van der Waals surface area contributed by atoms with Crippen LogP contribution in [0, 0.1) is 0 Å². The molecule has 0 aliphatic heterocycles. The molecule has 1 unspecified atom stereocenters. The number of halogens is 1. The Morgan fingerprint density at radius 1 is 1.35 bits per heavy atom. The Balaban J connectivity index is 1.96. The highest BCUT2D eigenvalue weighted by Gasteiger charge is 2.21. The van der Waals surface area contributed by atoms with Gasteiger partial charge in [0.15, 0.2) is 5.82 Å². The van der Waals surface area contributed by atoms with E-state index in [9.17, 15) is 4.79 Å². The van der Waals surface area contributed by atoms with Crippen LogP contribution >= 0.6 is 11.6 Å². The Morgan fingerprint density at radius 2 is 2.04 bits per heavy atom. The molecule has 0 aliphatic carbocycles. The van der Waals surface area contributed by atoms with Gasteiger partial charge in [-0.15, -0.1) is 0 Å². The molecule has 0 saturated carbocycles. The van der Waals surface area contributed by atoms with Crippen LogP contribution in [0.4, 0.5) is 5.69 Å². The Morgan fingerprint density at radius 3 is 2.65 bits per heavy atom. The molecule has 1 atom stereocenters. The first-order valence-electron chi connectivity index (χ1n) is 7.46. The molecule has 1 N–H and O–H groups in total. The number of para-hydroxylation sites is 1. The van der Waals surface area contributed by atoms with E-state index < -0.39 is 0 Å². The lowest BCUT2D eigenvalue weighted by Crippen LogP contribution is -2.32. The first-order valence-corrected chi connectivity index (χ1v) is 7.84. The zero-order chi connectivity index (χ0) is 17.0. The average molecular weight is 337 g/mol. The summed E-state index contributed by atoms with van der Waals surface area (Å²) in [6.07, 6.45) is 0. The van der Waals surface area contributed by atoms with Crippen molar-refractivity contribution in [3.8, 4) is 0 Å². The van der Waals surface area contributed by atoms with Gasteiger partial charge in [0.25, 0.3) is 0 Å². The van der Waals surface area contributed by atoms with Crippen molar-refractivity contribution < 1.29 is 9.32 Å². The molecule has 2 rings (SSSR count). The van der Waals surface area contributed by atoms with Crippen LogP contribution in [-0.4, -0.2) is 34.5 Å². The van der Waals surface area contributed by atoms with E-state index in [0.717, 1.165) is 0 Å². The SMILES string of the molecule is CC(C)c1noc(C(C)N(C)CC(=O)Nc2ccccc2Cl)n1. The highest BCUT2D eigenvalue weighted by atomic mass is 35.5. The topological polar surface area (TPSA) is 71.3 Å². The molecule has 0 radical (unpaired) electrons. The lowest BCUT2D eigenvalue weighted by atomic mass is 10.2. The third kappa shape index (κ3) is 4.53. The number of amides is 1. The van der Waals surface area contributed by atoms with Crippen molar-refractivity contribution >= 4 is 23.2 Å². The Hall–Kier alpha value is -1.92. The molecular weight excluding hydrogens is 316 g/mol. The van der Waals surface area contributed by atoms with Crippen molar-refractivity contribution in [2.75, 3.05) is 18.9 Å². The van der Waals surface area contributed by atoms with E-state index >= 15 is 0 Å². The molecule has 23 heavy (non-hydrogen) atoms. The fraction of sp³-hybridized carbons (Fsp3) is 0.438. The number of likely N-dealkylation sites (N-methyl/N-ethyl adjacent to an activating group) is 1. The summed E-state index contributed by atoms with van der Waals surface area (Å²) in [6, 6.07) is 6.96. The molecule has 1 aromatic carbocycles. The van der Waals surface area contributed by atoms with Crippen molar-refractivity contribution in [1.82, 2.24) is 15.0 Å². The third-order valence-electron chi connectivity index (χ3n) is 3.53. The van der Waals surface area contributed by atoms with Crippen molar-refractivity contribution in [3.05, 3.63) is 41.0 Å². The van der Waals surface area contributed by atoms with E-state index in [1.54, 1.807) is 12.1 Å². The van der Waals surface area contributed by atoms with Gasteiger partial charge in [-0.1, -0.05) is 42.7 Å². The summed E-state index contributed by atoms with van der Waals surface area (Å²) < 4.78 is 5.27. The summed E-state index contributed by atoms with van der Waals surface area (Å²) in [5.41, 5.74) is 0.597. The first kappa shape index (κ1) is 17.4. The summed E-state index contributed by atoms with van der Waals surface area (Å²) in [6.45, 7) is 6.10. The largest absolute Gasteiger partial charge is 0.338 e. The van der Waals surface area contributed by atoms with E-state index in [0.29, 0.717) is 22.4 Å². The van der Waals surface area contributed by atoms with E-state index in [1.807, 2.05) is 44.9 Å². The Bertz CT molecular complexity index is 672. The molecule has 1 aromatic heterocycles. The second kappa shape index (κ2) is 7.57. The van der Waals surface area contributed by atoms with Gasteiger partial charge in [0.2, 0.25) is 11.8 Å². The van der Waals surface area contributed by atoms with E-state index in [2.05, 4.69) is 15.5 Å². The van der Waals surface area contributed by atoms with Crippen molar-refractivity contribution in [3.63, 3.8) is 0 Å². The fourth-order valence-corrected chi connectivity index (χ4v) is 2.14. The molecule has 0 bridgehead atoms. The van der Waals surface area contributed by atoms with Crippen LogP contribution in [0.15, 0.2) is 28.8 Å². The average Bonchev–Trinajstić information content (AvgIpc) is 2.98. The molecule has 1 heterocycles. The van der Waals surface area contributed by atoms with Gasteiger partial charge in [-0.05, 0) is 26.1 Å². The van der Waals surface area contributed by atoms with E-state index in [4.69, 9.17) is 16.1 Å². The van der Waals surface area contributed by atoms with Crippen molar-refractivity contribution in [1.29, 1.82) is 0 Å². The molecule has 0 aliphatic rings. The number of hydrogen-bond acceptors (Lipinski definition) is 5. The molecule has 0 saturated heterocycles. The van der Waals surface area contributed by atoms with Crippen LogP contribution in [0.3, 0.4) is 0 Å². The van der Waals surface area contributed by atoms with Gasteiger partial charge in [-0.3, -0.25) is 9.69 Å². The maximum Gasteiger partial charge on any atom is 0.243 e. The number of nitrogens with one attached hydrogen (secondary N) is 1. The van der Waals surface area contributed by atoms with Gasteiger partial charge in [0.1, 0.15) is 0 Å². The molecule has 0 spiro atoms. The summed E-state index contributed by atoms with van der Waals surface area (Å²) >= 11 is 6.03. The summed E-state index contributed by atoms with van der Waals surface area (Å²) in [7, 11) is 1.83. The number of aromatic nitrogens is 2. The molecule has 0 fully saturated rings. The zero-order valence-corrected chi connectivity index (χ0v) is 14.5. The number of carbonyl (C=O) groups is 1. The Labute approximate surface area is 140 Å².